The molecule has 0 aliphatic carbocycles. The van der Waals surface area contributed by atoms with Gasteiger partial charge in [-0.05, 0) is 44.4 Å². The first-order valence-corrected chi connectivity index (χ1v) is 13.0. The van der Waals surface area contributed by atoms with Gasteiger partial charge in [0.2, 0.25) is 15.9 Å². The second-order valence-electron chi connectivity index (χ2n) is 8.75. The quantitative estimate of drug-likeness (QED) is 0.523. The minimum absolute atomic E-state index is 0.0260. The zero-order chi connectivity index (χ0) is 26.0. The molecule has 1 aliphatic rings. The average Bonchev–Trinajstić information content (AvgIpc) is 3.20. The lowest BCUT2D eigenvalue weighted by Gasteiger charge is -2.26. The number of hydrogen-bond donors (Lipinski definition) is 2. The van der Waals surface area contributed by atoms with Crippen LogP contribution in [0.1, 0.15) is 55.0 Å². The first kappa shape index (κ1) is 26.9. The maximum atomic E-state index is 14.4. The summed E-state index contributed by atoms with van der Waals surface area (Å²) in [6, 6.07) is 6.35. The van der Waals surface area contributed by atoms with Crippen LogP contribution in [0.3, 0.4) is 0 Å². The smallest absolute Gasteiger partial charge is 0.354 e. The monoisotopic (exact) mass is 516 g/mol. The van der Waals surface area contributed by atoms with Crippen molar-refractivity contribution in [2.45, 2.75) is 57.9 Å². The van der Waals surface area contributed by atoms with Crippen molar-refractivity contribution in [3.8, 4) is 0 Å². The van der Waals surface area contributed by atoms with E-state index in [1.807, 2.05) is 11.8 Å². The largest absolute Gasteiger partial charge is 0.433 e. The molecule has 2 atom stereocenters. The van der Waals surface area contributed by atoms with E-state index in [0.717, 1.165) is 25.2 Å². The third-order valence-corrected chi connectivity index (χ3v) is 6.69. The van der Waals surface area contributed by atoms with Crippen LogP contribution in [0.15, 0.2) is 30.3 Å². The van der Waals surface area contributed by atoms with Crippen molar-refractivity contribution in [2.24, 2.45) is 0 Å². The summed E-state index contributed by atoms with van der Waals surface area (Å²) in [5.74, 6) is -1.65. The highest BCUT2D eigenvalue weighted by atomic mass is 32.2. The molecule has 0 radical (unpaired) electrons. The van der Waals surface area contributed by atoms with Gasteiger partial charge in [0.1, 0.15) is 17.3 Å². The molecule has 0 saturated carbocycles. The molecule has 1 aromatic heterocycles. The highest BCUT2D eigenvalue weighted by molar-refractivity contribution is 7.88. The Morgan fingerprint density at radius 3 is 2.46 bits per heavy atom. The zero-order valence-electron chi connectivity index (χ0n) is 19.6. The van der Waals surface area contributed by atoms with Gasteiger partial charge in [0.25, 0.3) is 0 Å². The van der Waals surface area contributed by atoms with E-state index in [4.69, 9.17) is 0 Å². The molecule has 12 heteroatoms. The van der Waals surface area contributed by atoms with Gasteiger partial charge in [-0.15, -0.1) is 0 Å². The van der Waals surface area contributed by atoms with Crippen molar-refractivity contribution < 1.29 is 30.8 Å². The van der Waals surface area contributed by atoms with Crippen LogP contribution in [0, 0.1) is 5.82 Å². The molecule has 2 heterocycles. The van der Waals surface area contributed by atoms with Crippen molar-refractivity contribution in [1.29, 1.82) is 0 Å². The molecule has 3 rings (SSSR count). The molecule has 1 amide bonds. The fourth-order valence-electron chi connectivity index (χ4n) is 3.94. The lowest BCUT2D eigenvalue weighted by atomic mass is 9.98. The number of nitrogens with one attached hydrogen (secondary N) is 2. The van der Waals surface area contributed by atoms with Crippen LogP contribution >= 0.6 is 0 Å². The Morgan fingerprint density at radius 2 is 1.89 bits per heavy atom. The third kappa shape index (κ3) is 6.91. The van der Waals surface area contributed by atoms with Crippen molar-refractivity contribution in [3.05, 3.63) is 58.5 Å². The standard InChI is InChI=1S/C23H28F4N4O3S/c1-14-5-4-10-31(14)21-18(8-9-20(30-21)23(25,26)27)12-28-22(32)15(2)16-6-7-17(19(24)11-16)13-29-35(3,33)34/h6-9,11,14-15,29H,4-5,10,12-13H2,1-3H3,(H,28,32). The Morgan fingerprint density at radius 1 is 1.20 bits per heavy atom. The number of benzene rings is 1. The topological polar surface area (TPSA) is 91.4 Å². The Kier molecular flexibility index (Phi) is 8.05. The molecule has 192 valence electrons. The van der Waals surface area contributed by atoms with Crippen molar-refractivity contribution in [2.75, 3.05) is 17.7 Å². The lowest BCUT2D eigenvalue weighted by Crippen LogP contribution is -2.32. The molecule has 1 saturated heterocycles. The van der Waals surface area contributed by atoms with E-state index < -0.39 is 39.5 Å². The Hall–Kier alpha value is -2.73. The van der Waals surface area contributed by atoms with E-state index in [9.17, 15) is 30.8 Å². The zero-order valence-corrected chi connectivity index (χ0v) is 20.4. The number of rotatable bonds is 8. The Bertz CT molecular complexity index is 1190. The molecule has 2 aromatic rings. The minimum Gasteiger partial charge on any atom is -0.354 e. The summed E-state index contributed by atoms with van der Waals surface area (Å²) in [5, 5.41) is 2.71. The number of amides is 1. The van der Waals surface area contributed by atoms with Crippen molar-refractivity contribution in [3.63, 3.8) is 0 Å². The Balaban J connectivity index is 1.73. The van der Waals surface area contributed by atoms with Crippen molar-refractivity contribution in [1.82, 2.24) is 15.0 Å². The highest BCUT2D eigenvalue weighted by Gasteiger charge is 2.34. The lowest BCUT2D eigenvalue weighted by molar-refractivity contribution is -0.141. The summed E-state index contributed by atoms with van der Waals surface area (Å²) in [6.45, 7) is 3.82. The van der Waals surface area contributed by atoms with Crippen LogP contribution in [0.2, 0.25) is 0 Å². The van der Waals surface area contributed by atoms with Crippen LogP contribution in [-0.2, 0) is 34.1 Å². The number of alkyl halides is 3. The summed E-state index contributed by atoms with van der Waals surface area (Å²) in [4.78, 5) is 18.4. The van der Waals surface area contributed by atoms with Gasteiger partial charge in [0.15, 0.2) is 0 Å². The van der Waals surface area contributed by atoms with E-state index in [0.29, 0.717) is 17.7 Å². The second kappa shape index (κ2) is 10.5. The maximum absolute atomic E-state index is 14.4. The van der Waals surface area contributed by atoms with Crippen LogP contribution < -0.4 is 14.9 Å². The maximum Gasteiger partial charge on any atom is 0.433 e. The summed E-state index contributed by atoms with van der Waals surface area (Å²) >= 11 is 0. The van der Waals surface area contributed by atoms with E-state index >= 15 is 0 Å². The molecule has 2 N–H and O–H groups in total. The molecule has 35 heavy (non-hydrogen) atoms. The number of anilines is 1. The molecule has 0 spiro atoms. The van der Waals surface area contributed by atoms with Crippen LogP contribution in [0.5, 0.6) is 0 Å². The van der Waals surface area contributed by atoms with Gasteiger partial charge in [-0.1, -0.05) is 18.2 Å². The van der Waals surface area contributed by atoms with Gasteiger partial charge < -0.3 is 10.2 Å². The number of sulfonamides is 1. The summed E-state index contributed by atoms with van der Waals surface area (Å²) in [5.41, 5.74) is -0.0225. The fourth-order valence-corrected chi connectivity index (χ4v) is 4.36. The molecular formula is C23H28F4N4O3S. The van der Waals surface area contributed by atoms with Crippen LogP contribution in [-0.4, -0.2) is 38.2 Å². The van der Waals surface area contributed by atoms with Gasteiger partial charge in [-0.25, -0.2) is 22.5 Å². The highest BCUT2D eigenvalue weighted by Crippen LogP contribution is 2.33. The number of carbonyl (C=O) groups is 1. The van der Waals surface area contributed by atoms with Gasteiger partial charge in [0.05, 0.1) is 12.2 Å². The number of halogens is 4. The number of carbonyl (C=O) groups excluding carboxylic acids is 1. The fraction of sp³-hybridized carbons (Fsp3) is 0.478. The Labute approximate surface area is 202 Å². The molecule has 1 aliphatic heterocycles. The van der Waals surface area contributed by atoms with Gasteiger partial charge >= 0.3 is 6.18 Å². The van der Waals surface area contributed by atoms with Gasteiger partial charge in [-0.2, -0.15) is 13.2 Å². The first-order chi connectivity index (χ1) is 16.3. The van der Waals surface area contributed by atoms with E-state index in [2.05, 4.69) is 15.0 Å². The van der Waals surface area contributed by atoms with Crippen LogP contribution in [0.4, 0.5) is 23.4 Å². The van der Waals surface area contributed by atoms with Gasteiger partial charge in [0, 0.05) is 36.8 Å². The second-order valence-corrected chi connectivity index (χ2v) is 10.6. The van der Waals surface area contributed by atoms with Crippen molar-refractivity contribution >= 4 is 21.7 Å². The third-order valence-electron chi connectivity index (χ3n) is 6.02. The van der Waals surface area contributed by atoms with E-state index in [1.165, 1.54) is 24.3 Å². The van der Waals surface area contributed by atoms with E-state index in [1.54, 1.807) is 6.92 Å². The van der Waals surface area contributed by atoms with Gasteiger partial charge in [-0.3, -0.25) is 4.79 Å². The molecule has 7 nitrogen and oxygen atoms in total. The minimum atomic E-state index is -4.58. The molecule has 1 aromatic carbocycles. The predicted molar refractivity (Wildman–Crippen MR) is 124 cm³/mol. The number of pyridine rings is 1. The summed E-state index contributed by atoms with van der Waals surface area (Å²) in [7, 11) is -3.49. The first-order valence-electron chi connectivity index (χ1n) is 11.1. The van der Waals surface area contributed by atoms with E-state index in [-0.39, 0.29) is 30.5 Å². The SMILES string of the molecule is CC(C(=O)NCc1ccc(C(F)(F)F)nc1N1CCCC1C)c1ccc(CNS(C)(=O)=O)c(F)c1. The molecule has 2 unspecified atom stereocenters. The molecular weight excluding hydrogens is 488 g/mol. The molecule has 0 bridgehead atoms. The number of aromatic nitrogens is 1. The number of hydrogen-bond acceptors (Lipinski definition) is 5. The predicted octanol–water partition coefficient (Wildman–Crippen LogP) is 3.70. The summed E-state index contributed by atoms with van der Waals surface area (Å²) in [6.07, 6.45) is -1.94. The average molecular weight is 517 g/mol. The van der Waals surface area contributed by atoms with Crippen LogP contribution in [0.25, 0.3) is 0 Å². The normalized spacial score (nSPS) is 17.5. The summed E-state index contributed by atoms with van der Waals surface area (Å²) < 4.78 is 78.8. The number of nitrogens with zero attached hydrogens (tertiary/aromatic N) is 2. The molecule has 1 fully saturated rings.